The zero-order valence-electron chi connectivity index (χ0n) is 11.1. The normalized spacial score (nSPS) is 12.8. The predicted molar refractivity (Wildman–Crippen MR) is 67.2 cm³/mol. The fourth-order valence-corrected chi connectivity index (χ4v) is 1.63. The van der Waals surface area contributed by atoms with Gasteiger partial charge in [-0.05, 0) is 26.8 Å². The van der Waals surface area contributed by atoms with Crippen LogP contribution in [0.25, 0.3) is 0 Å². The van der Waals surface area contributed by atoms with Crippen molar-refractivity contribution in [3.8, 4) is 0 Å². The minimum absolute atomic E-state index is 0.0409. The smallest absolute Gasteiger partial charge is 0.314 e. The van der Waals surface area contributed by atoms with Crippen LogP contribution in [0.4, 0.5) is 4.39 Å². The van der Waals surface area contributed by atoms with Crippen LogP contribution in [0.5, 0.6) is 0 Å². The van der Waals surface area contributed by atoms with E-state index in [1.807, 2.05) is 0 Å². The summed E-state index contributed by atoms with van der Waals surface area (Å²) in [7, 11) is 0. The van der Waals surface area contributed by atoms with Crippen molar-refractivity contribution in [3.63, 3.8) is 0 Å². The molecule has 0 unspecified atom stereocenters. The average Bonchev–Trinajstić information content (AvgIpc) is 2.24. The topological polar surface area (TPSA) is 63.6 Å². The van der Waals surface area contributed by atoms with Crippen molar-refractivity contribution in [1.29, 1.82) is 0 Å². The number of rotatable bonds is 4. The number of hydrogen-bond donors (Lipinski definition) is 1. The van der Waals surface area contributed by atoms with Gasteiger partial charge in [0.25, 0.3) is 0 Å². The van der Waals surface area contributed by atoms with Gasteiger partial charge in [0.05, 0.1) is 12.3 Å². The molecule has 1 aromatic rings. The number of benzene rings is 1. The molecule has 19 heavy (non-hydrogen) atoms. The first-order valence-corrected chi connectivity index (χ1v) is 5.90. The number of carbonyl (C=O) groups excluding carboxylic acids is 1. The van der Waals surface area contributed by atoms with Crippen molar-refractivity contribution in [3.05, 3.63) is 35.6 Å². The number of ether oxygens (including phenoxy) is 1. The van der Waals surface area contributed by atoms with Crippen LogP contribution in [0.3, 0.4) is 0 Å². The lowest BCUT2D eigenvalue weighted by molar-refractivity contribution is -0.159. The average molecular weight is 268 g/mol. The van der Waals surface area contributed by atoms with Crippen LogP contribution in [-0.4, -0.2) is 22.6 Å². The first-order chi connectivity index (χ1) is 8.70. The lowest BCUT2D eigenvalue weighted by Crippen LogP contribution is -2.29. The summed E-state index contributed by atoms with van der Waals surface area (Å²) in [4.78, 5) is 22.8. The number of aliphatic carboxylic acids is 1. The molecule has 0 amide bonds. The minimum Gasteiger partial charge on any atom is -0.481 e. The van der Waals surface area contributed by atoms with E-state index in [-0.39, 0.29) is 5.56 Å². The molecule has 1 rings (SSSR count). The maximum Gasteiger partial charge on any atom is 0.314 e. The van der Waals surface area contributed by atoms with E-state index in [0.29, 0.717) is 0 Å². The van der Waals surface area contributed by atoms with Crippen molar-refractivity contribution in [2.24, 2.45) is 0 Å². The molecular formula is C14H17FO4. The van der Waals surface area contributed by atoms with Crippen molar-refractivity contribution in [2.75, 3.05) is 0 Å². The second-order valence-corrected chi connectivity index (χ2v) is 5.21. The van der Waals surface area contributed by atoms with E-state index in [1.54, 1.807) is 26.8 Å². The Labute approximate surface area is 111 Å². The van der Waals surface area contributed by atoms with Crippen LogP contribution < -0.4 is 0 Å². The van der Waals surface area contributed by atoms with Crippen LogP contribution in [0, 0.1) is 5.82 Å². The highest BCUT2D eigenvalue weighted by Crippen LogP contribution is 2.26. The number of carbonyl (C=O) groups is 2. The molecule has 1 N–H and O–H groups in total. The third-order valence-electron chi connectivity index (χ3n) is 2.35. The van der Waals surface area contributed by atoms with E-state index in [1.165, 1.54) is 18.2 Å². The molecule has 0 aromatic heterocycles. The van der Waals surface area contributed by atoms with Gasteiger partial charge in [-0.15, -0.1) is 0 Å². The standard InChI is InChI=1S/C14H17FO4/c1-14(2,3)19-13(18)10(8-12(16)17)9-6-4-5-7-11(9)15/h4-7,10H,8H2,1-3H3,(H,16,17)/t10-/m0/s1. The molecule has 104 valence electrons. The number of carboxylic acids is 1. The van der Waals surface area contributed by atoms with Crippen LogP contribution in [0.15, 0.2) is 24.3 Å². The maximum absolute atomic E-state index is 13.7. The van der Waals surface area contributed by atoms with E-state index in [0.717, 1.165) is 0 Å². The van der Waals surface area contributed by atoms with E-state index in [4.69, 9.17) is 9.84 Å². The summed E-state index contributed by atoms with van der Waals surface area (Å²) in [6.45, 7) is 5.01. The van der Waals surface area contributed by atoms with E-state index < -0.39 is 35.7 Å². The maximum atomic E-state index is 13.7. The van der Waals surface area contributed by atoms with Gasteiger partial charge in [-0.1, -0.05) is 18.2 Å². The predicted octanol–water partition coefficient (Wildman–Crippen LogP) is 2.73. The van der Waals surface area contributed by atoms with Crippen molar-refractivity contribution < 1.29 is 23.8 Å². The quantitative estimate of drug-likeness (QED) is 0.853. The first kappa shape index (κ1) is 15.1. The Bertz CT molecular complexity index is 477. The highest BCUT2D eigenvalue weighted by molar-refractivity contribution is 5.84. The molecule has 0 saturated carbocycles. The molecule has 5 heteroatoms. The molecule has 0 bridgehead atoms. The SMILES string of the molecule is CC(C)(C)OC(=O)[C@@H](CC(=O)O)c1ccccc1F. The van der Waals surface area contributed by atoms with E-state index in [9.17, 15) is 14.0 Å². The molecule has 1 atom stereocenters. The molecular weight excluding hydrogens is 251 g/mol. The van der Waals surface area contributed by atoms with Crippen molar-refractivity contribution >= 4 is 11.9 Å². The Balaban J connectivity index is 3.05. The van der Waals surface area contributed by atoms with Gasteiger partial charge in [-0.3, -0.25) is 9.59 Å². The Morgan fingerprint density at radius 3 is 2.37 bits per heavy atom. The van der Waals surface area contributed by atoms with Gasteiger partial charge in [0, 0.05) is 5.56 Å². The monoisotopic (exact) mass is 268 g/mol. The Kier molecular flexibility index (Phi) is 4.64. The van der Waals surface area contributed by atoms with Gasteiger partial charge in [0.2, 0.25) is 0 Å². The molecule has 0 saturated heterocycles. The molecule has 0 aliphatic carbocycles. The third kappa shape index (κ3) is 4.69. The molecule has 0 aliphatic rings. The van der Waals surface area contributed by atoms with Gasteiger partial charge in [-0.2, -0.15) is 0 Å². The van der Waals surface area contributed by atoms with E-state index in [2.05, 4.69) is 0 Å². The van der Waals surface area contributed by atoms with Gasteiger partial charge in [0.15, 0.2) is 0 Å². The second-order valence-electron chi connectivity index (χ2n) is 5.21. The van der Waals surface area contributed by atoms with Gasteiger partial charge in [0.1, 0.15) is 11.4 Å². The van der Waals surface area contributed by atoms with Gasteiger partial charge < -0.3 is 9.84 Å². The lowest BCUT2D eigenvalue weighted by Gasteiger charge is -2.23. The third-order valence-corrected chi connectivity index (χ3v) is 2.35. The molecule has 0 radical (unpaired) electrons. The van der Waals surface area contributed by atoms with Crippen LogP contribution in [0.1, 0.15) is 38.7 Å². The first-order valence-electron chi connectivity index (χ1n) is 5.90. The Morgan fingerprint density at radius 2 is 1.89 bits per heavy atom. The number of carboxylic acid groups (broad SMARTS) is 1. The Morgan fingerprint density at radius 1 is 1.32 bits per heavy atom. The molecule has 0 spiro atoms. The molecule has 4 nitrogen and oxygen atoms in total. The molecule has 1 aromatic carbocycles. The van der Waals surface area contributed by atoms with Crippen LogP contribution >= 0.6 is 0 Å². The van der Waals surface area contributed by atoms with E-state index >= 15 is 0 Å². The second kappa shape index (κ2) is 5.82. The summed E-state index contributed by atoms with van der Waals surface area (Å²) in [5.41, 5.74) is -0.710. The summed E-state index contributed by atoms with van der Waals surface area (Å²) < 4.78 is 18.8. The Hall–Kier alpha value is -1.91. The molecule has 0 fully saturated rings. The fraction of sp³-hybridized carbons (Fsp3) is 0.429. The van der Waals surface area contributed by atoms with Crippen LogP contribution in [-0.2, 0) is 14.3 Å². The summed E-state index contributed by atoms with van der Waals surface area (Å²) >= 11 is 0. The fourth-order valence-electron chi connectivity index (χ4n) is 1.63. The van der Waals surface area contributed by atoms with Gasteiger partial charge in [-0.25, -0.2) is 4.39 Å². The van der Waals surface area contributed by atoms with Gasteiger partial charge >= 0.3 is 11.9 Å². The number of esters is 1. The summed E-state index contributed by atoms with van der Waals surface area (Å²) in [6.07, 6.45) is -0.504. The molecule has 0 aliphatic heterocycles. The molecule has 0 heterocycles. The zero-order chi connectivity index (χ0) is 14.6. The summed E-state index contributed by atoms with van der Waals surface area (Å²) in [6, 6.07) is 5.62. The summed E-state index contributed by atoms with van der Waals surface area (Å²) in [5, 5.41) is 8.85. The minimum atomic E-state index is -1.18. The van der Waals surface area contributed by atoms with Crippen molar-refractivity contribution in [1.82, 2.24) is 0 Å². The number of hydrogen-bond acceptors (Lipinski definition) is 3. The zero-order valence-corrected chi connectivity index (χ0v) is 11.1. The summed E-state index contributed by atoms with van der Waals surface area (Å²) in [5.74, 6) is -3.67. The number of halogens is 1. The highest BCUT2D eigenvalue weighted by Gasteiger charge is 2.30. The van der Waals surface area contributed by atoms with Crippen molar-refractivity contribution in [2.45, 2.75) is 38.7 Å². The largest absolute Gasteiger partial charge is 0.481 e. The highest BCUT2D eigenvalue weighted by atomic mass is 19.1. The lowest BCUT2D eigenvalue weighted by atomic mass is 9.95. The van der Waals surface area contributed by atoms with Crippen LogP contribution in [0.2, 0.25) is 0 Å².